The first-order valence-corrected chi connectivity index (χ1v) is 10.1. The molecule has 1 aliphatic heterocycles. The summed E-state index contributed by atoms with van der Waals surface area (Å²) in [5.41, 5.74) is 0.275. The van der Waals surface area contributed by atoms with Crippen molar-refractivity contribution in [1.29, 1.82) is 0 Å². The van der Waals surface area contributed by atoms with E-state index in [4.69, 9.17) is 4.84 Å². The normalized spacial score (nSPS) is 20.3. The van der Waals surface area contributed by atoms with Gasteiger partial charge in [-0.1, -0.05) is 0 Å². The monoisotopic (exact) mass is 362 g/mol. The third-order valence-electron chi connectivity index (χ3n) is 3.53. The van der Waals surface area contributed by atoms with Gasteiger partial charge in [-0.05, 0) is 30.7 Å². The highest BCUT2D eigenvalue weighted by Crippen LogP contribution is 2.17. The van der Waals surface area contributed by atoms with Crippen LogP contribution in [0, 0.1) is 0 Å². The molecule has 1 N–H and O–H groups in total. The van der Waals surface area contributed by atoms with Crippen LogP contribution in [-0.4, -0.2) is 59.5 Å². The molecule has 1 saturated heterocycles. The molecule has 1 aromatic carbocycles. The molecule has 0 bridgehead atoms. The van der Waals surface area contributed by atoms with E-state index in [-0.39, 0.29) is 28.4 Å². The summed E-state index contributed by atoms with van der Waals surface area (Å²) in [6, 6.07) is 4.71. The standard InChI is InChI=1S/C13H18N2O6S2/c1-15(21-2)13(16)10-3-5-12(6-4-10)23(19,20)14-11-7-8-22(17,18)9-11/h3-6,11,14H,7-9H2,1-2H3/t11-/m0/s1. The van der Waals surface area contributed by atoms with Crippen molar-refractivity contribution in [1.82, 2.24) is 9.79 Å². The van der Waals surface area contributed by atoms with Crippen LogP contribution in [0.1, 0.15) is 16.8 Å². The fraction of sp³-hybridized carbons (Fsp3) is 0.462. The van der Waals surface area contributed by atoms with Crippen LogP contribution in [0.2, 0.25) is 0 Å². The van der Waals surface area contributed by atoms with Gasteiger partial charge in [-0.15, -0.1) is 0 Å². The zero-order valence-corrected chi connectivity index (χ0v) is 14.4. The number of hydrogen-bond acceptors (Lipinski definition) is 6. The maximum atomic E-state index is 12.2. The lowest BCUT2D eigenvalue weighted by Crippen LogP contribution is -2.35. The van der Waals surface area contributed by atoms with E-state index in [0.717, 1.165) is 5.06 Å². The van der Waals surface area contributed by atoms with E-state index in [9.17, 15) is 21.6 Å². The Kier molecular flexibility index (Phi) is 5.09. The minimum atomic E-state index is -3.83. The molecule has 8 nitrogen and oxygen atoms in total. The summed E-state index contributed by atoms with van der Waals surface area (Å²) in [4.78, 5) is 16.6. The zero-order valence-electron chi connectivity index (χ0n) is 12.7. The van der Waals surface area contributed by atoms with Crippen LogP contribution in [0.5, 0.6) is 0 Å². The molecule has 1 aromatic rings. The number of rotatable bonds is 5. The molecule has 2 rings (SSSR count). The van der Waals surface area contributed by atoms with Gasteiger partial charge in [-0.25, -0.2) is 26.6 Å². The number of nitrogens with zero attached hydrogens (tertiary/aromatic N) is 1. The molecule has 1 fully saturated rings. The molecule has 10 heteroatoms. The fourth-order valence-corrected chi connectivity index (χ4v) is 5.27. The predicted molar refractivity (Wildman–Crippen MR) is 82.9 cm³/mol. The zero-order chi connectivity index (χ0) is 17.3. The summed E-state index contributed by atoms with van der Waals surface area (Å²) in [7, 11) is -4.22. The number of nitrogens with one attached hydrogen (secondary N) is 1. The van der Waals surface area contributed by atoms with Gasteiger partial charge in [0.05, 0.1) is 23.5 Å². The van der Waals surface area contributed by atoms with Crippen molar-refractivity contribution in [2.45, 2.75) is 17.4 Å². The van der Waals surface area contributed by atoms with E-state index in [1.165, 1.54) is 38.4 Å². The first kappa shape index (κ1) is 17.9. The Labute approximate surface area is 135 Å². The number of benzene rings is 1. The second kappa shape index (κ2) is 6.56. The van der Waals surface area contributed by atoms with Gasteiger partial charge in [0.15, 0.2) is 9.84 Å². The van der Waals surface area contributed by atoms with Gasteiger partial charge < -0.3 is 0 Å². The summed E-state index contributed by atoms with van der Waals surface area (Å²) >= 11 is 0. The van der Waals surface area contributed by atoms with Gasteiger partial charge in [0.1, 0.15) is 0 Å². The van der Waals surface area contributed by atoms with E-state index < -0.39 is 31.8 Å². The van der Waals surface area contributed by atoms with Crippen molar-refractivity contribution >= 4 is 25.8 Å². The van der Waals surface area contributed by atoms with Crippen molar-refractivity contribution in [3.05, 3.63) is 29.8 Å². The van der Waals surface area contributed by atoms with E-state index in [0.29, 0.717) is 0 Å². The lowest BCUT2D eigenvalue weighted by atomic mass is 10.2. The molecule has 0 radical (unpaired) electrons. The molecular weight excluding hydrogens is 344 g/mol. The molecule has 0 aromatic heterocycles. The Balaban J connectivity index is 2.13. The Hall–Kier alpha value is -1.49. The first-order valence-electron chi connectivity index (χ1n) is 6.79. The SMILES string of the molecule is CON(C)C(=O)c1ccc(S(=O)(=O)N[C@H]2CCS(=O)(=O)C2)cc1. The molecule has 0 aliphatic carbocycles. The number of sulfonamides is 1. The molecule has 1 amide bonds. The van der Waals surface area contributed by atoms with Gasteiger partial charge in [0, 0.05) is 18.7 Å². The van der Waals surface area contributed by atoms with Gasteiger partial charge in [0.25, 0.3) is 5.91 Å². The Morgan fingerprint density at radius 3 is 2.39 bits per heavy atom. The number of hydroxylamine groups is 2. The summed E-state index contributed by atoms with van der Waals surface area (Å²) in [6.45, 7) is 0. The predicted octanol–water partition coefficient (Wildman–Crippen LogP) is -0.215. The Morgan fingerprint density at radius 1 is 1.30 bits per heavy atom. The largest absolute Gasteiger partial charge is 0.277 e. The minimum absolute atomic E-state index is 0.0169. The molecule has 0 spiro atoms. The summed E-state index contributed by atoms with van der Waals surface area (Å²) in [5.74, 6) is -0.621. The Morgan fingerprint density at radius 2 is 1.91 bits per heavy atom. The molecule has 1 aliphatic rings. The quantitative estimate of drug-likeness (QED) is 0.726. The Bertz CT molecular complexity index is 786. The molecular formula is C13H18N2O6S2. The molecule has 23 heavy (non-hydrogen) atoms. The molecule has 0 saturated carbocycles. The highest BCUT2D eigenvalue weighted by Gasteiger charge is 2.31. The van der Waals surface area contributed by atoms with E-state index in [2.05, 4.69) is 4.72 Å². The highest BCUT2D eigenvalue weighted by atomic mass is 32.2. The third-order valence-corrected chi connectivity index (χ3v) is 6.83. The van der Waals surface area contributed by atoms with Crippen LogP contribution in [0.3, 0.4) is 0 Å². The average Bonchev–Trinajstić information content (AvgIpc) is 2.84. The number of amides is 1. The summed E-state index contributed by atoms with van der Waals surface area (Å²) in [6.07, 6.45) is 0.261. The van der Waals surface area contributed by atoms with Crippen molar-refractivity contribution in [2.24, 2.45) is 0 Å². The van der Waals surface area contributed by atoms with Crippen molar-refractivity contribution < 1.29 is 26.5 Å². The molecule has 1 heterocycles. The van der Waals surface area contributed by atoms with E-state index in [1.807, 2.05) is 0 Å². The number of carbonyl (C=O) groups is 1. The van der Waals surface area contributed by atoms with Crippen molar-refractivity contribution in [3.63, 3.8) is 0 Å². The van der Waals surface area contributed by atoms with Gasteiger partial charge in [0.2, 0.25) is 10.0 Å². The lowest BCUT2D eigenvalue weighted by Gasteiger charge is -2.14. The molecule has 128 valence electrons. The average molecular weight is 362 g/mol. The van der Waals surface area contributed by atoms with Gasteiger partial charge >= 0.3 is 0 Å². The number of carbonyl (C=O) groups excluding carboxylic acids is 1. The fourth-order valence-electron chi connectivity index (χ4n) is 2.22. The summed E-state index contributed by atoms with van der Waals surface area (Å²) in [5, 5.41) is 1.02. The molecule has 1 atom stereocenters. The lowest BCUT2D eigenvalue weighted by molar-refractivity contribution is -0.0757. The van der Waals surface area contributed by atoms with E-state index >= 15 is 0 Å². The second-order valence-electron chi connectivity index (χ2n) is 5.23. The van der Waals surface area contributed by atoms with E-state index in [1.54, 1.807) is 0 Å². The van der Waals surface area contributed by atoms with Crippen molar-refractivity contribution in [3.8, 4) is 0 Å². The van der Waals surface area contributed by atoms with Crippen LogP contribution in [0.15, 0.2) is 29.2 Å². The topological polar surface area (TPSA) is 110 Å². The minimum Gasteiger partial charge on any atom is -0.274 e. The first-order chi connectivity index (χ1) is 10.6. The van der Waals surface area contributed by atoms with Crippen molar-refractivity contribution in [2.75, 3.05) is 25.7 Å². The second-order valence-corrected chi connectivity index (χ2v) is 9.17. The maximum Gasteiger partial charge on any atom is 0.277 e. The highest BCUT2D eigenvalue weighted by molar-refractivity contribution is 7.92. The number of sulfone groups is 1. The molecule has 0 unspecified atom stereocenters. The smallest absolute Gasteiger partial charge is 0.274 e. The van der Waals surface area contributed by atoms with Crippen LogP contribution in [-0.2, 0) is 24.7 Å². The third kappa shape index (κ3) is 4.28. The summed E-state index contributed by atoms with van der Waals surface area (Å²) < 4.78 is 49.6. The maximum absolute atomic E-state index is 12.2. The van der Waals surface area contributed by atoms with Crippen LogP contribution < -0.4 is 4.72 Å². The van der Waals surface area contributed by atoms with Gasteiger partial charge in [-0.2, -0.15) is 0 Å². The van der Waals surface area contributed by atoms with Gasteiger partial charge in [-0.3, -0.25) is 9.63 Å². The van der Waals surface area contributed by atoms with Crippen LogP contribution >= 0.6 is 0 Å². The van der Waals surface area contributed by atoms with Crippen LogP contribution in [0.25, 0.3) is 0 Å². The number of hydrogen-bond donors (Lipinski definition) is 1. The van der Waals surface area contributed by atoms with Crippen LogP contribution in [0.4, 0.5) is 0 Å².